The topological polar surface area (TPSA) is 83.7 Å². The lowest BCUT2D eigenvalue weighted by molar-refractivity contribution is -0.384. The largest absolute Gasteiger partial charge is 0.363 e. The molecule has 146 valence electrons. The van der Waals surface area contributed by atoms with Gasteiger partial charge < -0.3 is 5.11 Å². The number of benzene rings is 3. The summed E-state index contributed by atoms with van der Waals surface area (Å²) < 4.78 is 14.0. The Balaban J connectivity index is 1.81. The van der Waals surface area contributed by atoms with Gasteiger partial charge in [-0.1, -0.05) is 35.9 Å². The highest BCUT2D eigenvalue weighted by atomic mass is 35.5. The number of carbonyl (C=O) groups excluding carboxylic acids is 1. The van der Waals surface area contributed by atoms with Crippen LogP contribution in [0.2, 0.25) is 5.02 Å². The van der Waals surface area contributed by atoms with Crippen LogP contribution in [0.15, 0.2) is 66.7 Å². The molecule has 1 aliphatic rings. The molecule has 0 spiro atoms. The quantitative estimate of drug-likeness (QED) is 0.513. The first-order valence-electron chi connectivity index (χ1n) is 8.64. The predicted octanol–water partition coefficient (Wildman–Crippen LogP) is 4.24. The van der Waals surface area contributed by atoms with E-state index >= 15 is 0 Å². The van der Waals surface area contributed by atoms with Crippen molar-refractivity contribution in [3.8, 4) is 0 Å². The lowest BCUT2D eigenvalue weighted by Gasteiger charge is -2.35. The van der Waals surface area contributed by atoms with Gasteiger partial charge in [0.2, 0.25) is 0 Å². The third kappa shape index (κ3) is 3.14. The molecule has 0 bridgehead atoms. The predicted molar refractivity (Wildman–Crippen MR) is 104 cm³/mol. The summed E-state index contributed by atoms with van der Waals surface area (Å²) in [5.74, 6) is -1.06. The minimum absolute atomic E-state index is 0.0355. The molecule has 1 amide bonds. The fraction of sp³-hybridized carbons (Fsp3) is 0.0952. The van der Waals surface area contributed by atoms with Gasteiger partial charge in [-0.05, 0) is 35.9 Å². The van der Waals surface area contributed by atoms with Crippen LogP contribution in [0.25, 0.3) is 0 Å². The van der Waals surface area contributed by atoms with Crippen molar-refractivity contribution in [2.24, 2.45) is 0 Å². The van der Waals surface area contributed by atoms with Crippen molar-refractivity contribution in [2.45, 2.75) is 12.3 Å². The number of aliphatic hydroxyl groups is 1. The number of hydrogen-bond donors (Lipinski definition) is 1. The Labute approximate surface area is 169 Å². The van der Waals surface area contributed by atoms with Crippen LogP contribution in [0.5, 0.6) is 0 Å². The average molecular weight is 413 g/mol. The molecule has 6 nitrogen and oxygen atoms in total. The maximum absolute atomic E-state index is 14.0. The number of nitrogens with zero attached hydrogens (tertiary/aromatic N) is 2. The second-order valence-corrected chi connectivity index (χ2v) is 7.12. The third-order valence-electron chi connectivity index (χ3n) is 4.96. The maximum atomic E-state index is 14.0. The molecule has 1 N–H and O–H groups in total. The van der Waals surface area contributed by atoms with Crippen molar-refractivity contribution in [3.05, 3.63) is 110 Å². The number of nitro groups is 1. The second-order valence-electron chi connectivity index (χ2n) is 6.68. The fourth-order valence-electron chi connectivity index (χ4n) is 3.51. The van der Waals surface area contributed by atoms with E-state index < -0.39 is 22.4 Å². The monoisotopic (exact) mass is 412 g/mol. The number of halogens is 2. The molecule has 0 aliphatic carbocycles. The number of carbonyl (C=O) groups is 1. The molecular weight excluding hydrogens is 399 g/mol. The lowest BCUT2D eigenvalue weighted by atomic mass is 9.93. The van der Waals surface area contributed by atoms with E-state index in [0.717, 1.165) is 12.1 Å². The highest BCUT2D eigenvalue weighted by molar-refractivity contribution is 6.30. The number of nitro benzene ring substituents is 1. The van der Waals surface area contributed by atoms with Gasteiger partial charge in [-0.3, -0.25) is 19.8 Å². The zero-order chi connectivity index (χ0) is 20.8. The number of non-ortho nitro benzene ring substituents is 1. The maximum Gasteiger partial charge on any atom is 0.269 e. The van der Waals surface area contributed by atoms with Crippen molar-refractivity contribution in [1.82, 2.24) is 4.90 Å². The molecule has 0 fully saturated rings. The molecule has 4 rings (SSSR count). The third-order valence-corrected chi connectivity index (χ3v) is 5.21. The minimum Gasteiger partial charge on any atom is -0.363 e. The van der Waals surface area contributed by atoms with Gasteiger partial charge in [0.15, 0.2) is 5.72 Å². The zero-order valence-electron chi connectivity index (χ0n) is 14.9. The number of hydrogen-bond acceptors (Lipinski definition) is 4. The van der Waals surface area contributed by atoms with Crippen molar-refractivity contribution in [2.75, 3.05) is 0 Å². The van der Waals surface area contributed by atoms with Crippen LogP contribution in [0.3, 0.4) is 0 Å². The molecule has 3 aromatic carbocycles. The Hall–Kier alpha value is -3.29. The van der Waals surface area contributed by atoms with Crippen molar-refractivity contribution < 1.29 is 19.2 Å². The SMILES string of the molecule is O=C1c2ccc(F)cc2C(O)(c2ccc(Cl)cc2)N1Cc1ccc([N+](=O)[O-])cc1. The van der Waals surface area contributed by atoms with E-state index in [4.69, 9.17) is 11.6 Å². The van der Waals surface area contributed by atoms with Gasteiger partial charge in [0.1, 0.15) is 5.82 Å². The normalized spacial score (nSPS) is 18.0. The van der Waals surface area contributed by atoms with Crippen LogP contribution >= 0.6 is 11.6 Å². The van der Waals surface area contributed by atoms with E-state index in [2.05, 4.69) is 0 Å². The van der Waals surface area contributed by atoms with Crippen molar-refractivity contribution in [1.29, 1.82) is 0 Å². The highest BCUT2D eigenvalue weighted by Gasteiger charge is 2.50. The van der Waals surface area contributed by atoms with Gasteiger partial charge in [-0.25, -0.2) is 4.39 Å². The van der Waals surface area contributed by atoms with E-state index in [1.807, 2.05) is 0 Å². The lowest BCUT2D eigenvalue weighted by Crippen LogP contribution is -2.44. The average Bonchev–Trinajstić information content (AvgIpc) is 2.91. The molecule has 1 unspecified atom stereocenters. The van der Waals surface area contributed by atoms with Crippen molar-refractivity contribution >= 4 is 23.2 Å². The van der Waals surface area contributed by atoms with E-state index in [0.29, 0.717) is 16.1 Å². The summed E-state index contributed by atoms with van der Waals surface area (Å²) >= 11 is 5.95. The minimum atomic E-state index is -1.92. The summed E-state index contributed by atoms with van der Waals surface area (Å²) in [7, 11) is 0. The molecule has 1 aliphatic heterocycles. The first-order chi connectivity index (χ1) is 13.8. The van der Waals surface area contributed by atoms with Gasteiger partial charge >= 0.3 is 0 Å². The smallest absolute Gasteiger partial charge is 0.269 e. The standard InChI is InChI=1S/C21H14ClFN2O4/c22-15-5-3-14(4-6-15)21(27)19-11-16(23)7-10-18(19)20(26)24(21)12-13-1-8-17(9-2-13)25(28)29/h1-11,27H,12H2. The Morgan fingerprint density at radius 3 is 2.34 bits per heavy atom. The first-order valence-corrected chi connectivity index (χ1v) is 9.02. The molecule has 0 saturated heterocycles. The number of fused-ring (bicyclic) bond motifs is 1. The summed E-state index contributed by atoms with van der Waals surface area (Å²) in [5.41, 5.74) is -0.760. The molecule has 0 aromatic heterocycles. The summed E-state index contributed by atoms with van der Waals surface area (Å²) in [5, 5.41) is 23.0. The van der Waals surface area contributed by atoms with E-state index in [1.54, 1.807) is 24.3 Å². The van der Waals surface area contributed by atoms with Crippen LogP contribution in [0.4, 0.5) is 10.1 Å². The van der Waals surface area contributed by atoms with Gasteiger partial charge in [0, 0.05) is 40.4 Å². The Kier molecular flexibility index (Phi) is 4.56. The van der Waals surface area contributed by atoms with E-state index in [-0.39, 0.29) is 23.4 Å². The molecular formula is C21H14ClFN2O4. The van der Waals surface area contributed by atoms with E-state index in [9.17, 15) is 24.4 Å². The molecule has 1 atom stereocenters. The van der Waals surface area contributed by atoms with Gasteiger partial charge in [-0.2, -0.15) is 0 Å². The molecule has 0 radical (unpaired) electrons. The van der Waals surface area contributed by atoms with Crippen LogP contribution in [-0.2, 0) is 12.3 Å². The second kappa shape index (κ2) is 6.95. The summed E-state index contributed by atoms with van der Waals surface area (Å²) in [6.45, 7) is -0.0355. The van der Waals surface area contributed by atoms with E-state index in [1.165, 1.54) is 35.2 Å². The Bertz CT molecular complexity index is 1120. The summed E-state index contributed by atoms with van der Waals surface area (Å²) in [6.07, 6.45) is 0. The number of rotatable bonds is 4. The van der Waals surface area contributed by atoms with Crippen LogP contribution in [0, 0.1) is 15.9 Å². The molecule has 0 saturated carbocycles. The summed E-state index contributed by atoms with van der Waals surface area (Å²) in [4.78, 5) is 24.6. The van der Waals surface area contributed by atoms with Crippen LogP contribution in [0.1, 0.15) is 27.0 Å². The van der Waals surface area contributed by atoms with Gasteiger partial charge in [0.25, 0.3) is 11.6 Å². The van der Waals surface area contributed by atoms with Crippen molar-refractivity contribution in [3.63, 3.8) is 0 Å². The Morgan fingerprint density at radius 2 is 1.72 bits per heavy atom. The van der Waals surface area contributed by atoms with Gasteiger partial charge in [0.05, 0.1) is 4.92 Å². The fourth-order valence-corrected chi connectivity index (χ4v) is 3.64. The molecule has 1 heterocycles. The first kappa shape index (κ1) is 19.0. The molecule has 8 heteroatoms. The number of amides is 1. The van der Waals surface area contributed by atoms with Crippen LogP contribution in [-0.4, -0.2) is 20.8 Å². The Morgan fingerprint density at radius 1 is 1.07 bits per heavy atom. The van der Waals surface area contributed by atoms with Crippen LogP contribution < -0.4 is 0 Å². The summed E-state index contributed by atoms with van der Waals surface area (Å²) in [6, 6.07) is 15.6. The zero-order valence-corrected chi connectivity index (χ0v) is 15.6. The highest BCUT2D eigenvalue weighted by Crippen LogP contribution is 2.43. The molecule has 3 aromatic rings. The molecule has 29 heavy (non-hydrogen) atoms. The van der Waals surface area contributed by atoms with Gasteiger partial charge in [-0.15, -0.1) is 0 Å².